The Morgan fingerprint density at radius 2 is 1.68 bits per heavy atom. The Morgan fingerprint density at radius 1 is 1.16 bits per heavy atom. The number of carbonyl (C=O) groups is 1. The van der Waals surface area contributed by atoms with E-state index in [0.29, 0.717) is 0 Å². The molecule has 6 heteroatoms. The molecule has 106 valence electrons. The lowest BCUT2D eigenvalue weighted by Crippen LogP contribution is -2.50. The van der Waals surface area contributed by atoms with E-state index in [9.17, 15) is 13.2 Å². The molecule has 0 radical (unpaired) electrons. The van der Waals surface area contributed by atoms with Crippen LogP contribution < -0.4 is 10.0 Å². The summed E-state index contributed by atoms with van der Waals surface area (Å²) in [5, 5.41) is 2.73. The first-order valence-electron chi connectivity index (χ1n) is 6.01. The van der Waals surface area contributed by atoms with Gasteiger partial charge in [-0.25, -0.2) is 8.42 Å². The highest BCUT2D eigenvalue weighted by Gasteiger charge is 2.24. The van der Waals surface area contributed by atoms with E-state index < -0.39 is 21.6 Å². The first-order valence-corrected chi connectivity index (χ1v) is 7.49. The molecular weight excluding hydrogens is 264 g/mol. The van der Waals surface area contributed by atoms with Crippen molar-refractivity contribution in [3.05, 3.63) is 30.3 Å². The van der Waals surface area contributed by atoms with Crippen molar-refractivity contribution in [3.63, 3.8) is 0 Å². The largest absolute Gasteiger partial charge is 0.350 e. The second-order valence-corrected chi connectivity index (χ2v) is 7.11. The molecule has 1 aromatic rings. The number of hydrogen-bond donors (Lipinski definition) is 2. The van der Waals surface area contributed by atoms with Crippen molar-refractivity contribution in [1.29, 1.82) is 0 Å². The fourth-order valence-electron chi connectivity index (χ4n) is 1.43. The molecule has 0 fully saturated rings. The molecule has 0 saturated carbocycles. The van der Waals surface area contributed by atoms with Crippen molar-refractivity contribution >= 4 is 15.9 Å². The lowest BCUT2D eigenvalue weighted by atomic mass is 10.1. The molecule has 0 aromatic heterocycles. The number of benzene rings is 1. The zero-order chi connectivity index (χ0) is 14.7. The van der Waals surface area contributed by atoms with E-state index >= 15 is 0 Å². The van der Waals surface area contributed by atoms with Gasteiger partial charge in [0.1, 0.15) is 0 Å². The average Bonchev–Trinajstić information content (AvgIpc) is 2.27. The normalized spacial score (nSPS) is 13.9. The van der Waals surface area contributed by atoms with Gasteiger partial charge in [0.15, 0.2) is 0 Å². The zero-order valence-electron chi connectivity index (χ0n) is 11.6. The molecule has 5 nitrogen and oxygen atoms in total. The van der Waals surface area contributed by atoms with E-state index in [1.54, 1.807) is 18.2 Å². The molecule has 0 bridgehead atoms. The second kappa shape index (κ2) is 5.71. The molecule has 1 aromatic carbocycles. The Morgan fingerprint density at radius 3 is 2.16 bits per heavy atom. The van der Waals surface area contributed by atoms with Crippen molar-refractivity contribution in [2.75, 3.05) is 0 Å². The van der Waals surface area contributed by atoms with Gasteiger partial charge in [-0.15, -0.1) is 0 Å². The summed E-state index contributed by atoms with van der Waals surface area (Å²) in [5.41, 5.74) is -0.399. The number of nitrogens with one attached hydrogen (secondary N) is 2. The SMILES string of the molecule is C[C@@H](NS(=O)(=O)c1ccccc1)C(=O)NC(C)(C)C. The van der Waals surface area contributed by atoms with E-state index in [1.165, 1.54) is 19.1 Å². The Bertz CT molecular complexity index is 533. The van der Waals surface area contributed by atoms with Gasteiger partial charge < -0.3 is 5.32 Å². The third kappa shape index (κ3) is 5.00. The predicted octanol–water partition coefficient (Wildman–Crippen LogP) is 1.27. The van der Waals surface area contributed by atoms with E-state index in [2.05, 4.69) is 10.0 Å². The summed E-state index contributed by atoms with van der Waals surface area (Å²) in [6.45, 7) is 7.03. The summed E-state index contributed by atoms with van der Waals surface area (Å²) in [7, 11) is -3.67. The molecule has 0 aliphatic carbocycles. The lowest BCUT2D eigenvalue weighted by Gasteiger charge is -2.23. The van der Waals surface area contributed by atoms with Crippen LogP contribution in [0.15, 0.2) is 35.2 Å². The Balaban J connectivity index is 2.77. The standard InChI is InChI=1S/C13H20N2O3S/c1-10(12(16)14-13(2,3)4)15-19(17,18)11-8-6-5-7-9-11/h5-10,15H,1-4H3,(H,14,16)/t10-/m1/s1. The molecule has 1 rings (SSSR count). The number of rotatable bonds is 4. The van der Waals surface area contributed by atoms with Crippen LogP contribution in [0.2, 0.25) is 0 Å². The van der Waals surface area contributed by atoms with Crippen LogP contribution in [0.3, 0.4) is 0 Å². The second-order valence-electron chi connectivity index (χ2n) is 5.40. The number of hydrogen-bond acceptors (Lipinski definition) is 3. The summed E-state index contributed by atoms with van der Waals surface area (Å²) >= 11 is 0. The van der Waals surface area contributed by atoms with Crippen LogP contribution >= 0.6 is 0 Å². The highest BCUT2D eigenvalue weighted by atomic mass is 32.2. The van der Waals surface area contributed by atoms with Gasteiger partial charge in [0.25, 0.3) is 0 Å². The zero-order valence-corrected chi connectivity index (χ0v) is 12.4. The van der Waals surface area contributed by atoms with E-state index in [1.807, 2.05) is 20.8 Å². The molecule has 0 heterocycles. The molecule has 1 atom stereocenters. The molecule has 0 saturated heterocycles. The fraction of sp³-hybridized carbons (Fsp3) is 0.462. The van der Waals surface area contributed by atoms with Crippen molar-refractivity contribution in [2.45, 2.75) is 44.2 Å². The van der Waals surface area contributed by atoms with Crippen LogP contribution in [0.25, 0.3) is 0 Å². The van der Waals surface area contributed by atoms with Gasteiger partial charge in [-0.05, 0) is 39.8 Å². The van der Waals surface area contributed by atoms with E-state index in [4.69, 9.17) is 0 Å². The van der Waals surface area contributed by atoms with Gasteiger partial charge in [-0.3, -0.25) is 4.79 Å². The third-order valence-electron chi connectivity index (χ3n) is 2.28. The quantitative estimate of drug-likeness (QED) is 0.874. The molecule has 0 unspecified atom stereocenters. The molecule has 19 heavy (non-hydrogen) atoms. The summed E-state index contributed by atoms with van der Waals surface area (Å²) in [6, 6.07) is 7.13. The topological polar surface area (TPSA) is 75.3 Å². The van der Waals surface area contributed by atoms with Crippen LogP contribution in [0.5, 0.6) is 0 Å². The van der Waals surface area contributed by atoms with Crippen molar-refractivity contribution in [3.8, 4) is 0 Å². The van der Waals surface area contributed by atoms with Crippen molar-refractivity contribution < 1.29 is 13.2 Å². The van der Waals surface area contributed by atoms with E-state index in [0.717, 1.165) is 0 Å². The van der Waals surface area contributed by atoms with Crippen LogP contribution in [-0.4, -0.2) is 25.9 Å². The highest BCUT2D eigenvalue weighted by molar-refractivity contribution is 7.89. The first kappa shape index (κ1) is 15.7. The Labute approximate surface area is 114 Å². The summed E-state index contributed by atoms with van der Waals surface area (Å²) in [4.78, 5) is 12.0. The van der Waals surface area contributed by atoms with Gasteiger partial charge in [-0.2, -0.15) is 4.72 Å². The van der Waals surface area contributed by atoms with Gasteiger partial charge in [-0.1, -0.05) is 18.2 Å². The van der Waals surface area contributed by atoms with Gasteiger partial charge in [0.05, 0.1) is 10.9 Å². The average molecular weight is 284 g/mol. The van der Waals surface area contributed by atoms with Crippen molar-refractivity contribution in [2.24, 2.45) is 0 Å². The van der Waals surface area contributed by atoms with Gasteiger partial charge >= 0.3 is 0 Å². The van der Waals surface area contributed by atoms with Crippen LogP contribution in [-0.2, 0) is 14.8 Å². The highest BCUT2D eigenvalue weighted by Crippen LogP contribution is 2.08. The molecule has 2 N–H and O–H groups in total. The monoisotopic (exact) mass is 284 g/mol. The maximum atomic E-state index is 12.0. The molecule has 0 spiro atoms. The number of carbonyl (C=O) groups excluding carboxylic acids is 1. The number of amides is 1. The minimum atomic E-state index is -3.67. The molecule has 1 amide bonds. The first-order chi connectivity index (χ1) is 8.62. The minimum absolute atomic E-state index is 0.144. The molecule has 0 aliphatic heterocycles. The molecule has 0 aliphatic rings. The minimum Gasteiger partial charge on any atom is -0.350 e. The van der Waals surface area contributed by atoms with Crippen LogP contribution in [0.4, 0.5) is 0 Å². The summed E-state index contributed by atoms with van der Waals surface area (Å²) in [6.07, 6.45) is 0. The maximum Gasteiger partial charge on any atom is 0.241 e. The Hall–Kier alpha value is -1.40. The van der Waals surface area contributed by atoms with E-state index in [-0.39, 0.29) is 10.8 Å². The summed E-state index contributed by atoms with van der Waals surface area (Å²) in [5.74, 6) is -0.355. The lowest BCUT2D eigenvalue weighted by molar-refractivity contribution is -0.123. The Kier molecular flexibility index (Phi) is 4.70. The summed E-state index contributed by atoms with van der Waals surface area (Å²) < 4.78 is 26.4. The van der Waals surface area contributed by atoms with Crippen molar-refractivity contribution in [1.82, 2.24) is 10.0 Å². The predicted molar refractivity (Wildman–Crippen MR) is 74.1 cm³/mol. The maximum absolute atomic E-state index is 12.0. The molecular formula is C13H20N2O3S. The fourth-order valence-corrected chi connectivity index (χ4v) is 2.66. The third-order valence-corrected chi connectivity index (χ3v) is 3.83. The van der Waals surface area contributed by atoms with Gasteiger partial charge in [0, 0.05) is 5.54 Å². The number of sulfonamides is 1. The smallest absolute Gasteiger partial charge is 0.241 e. The van der Waals surface area contributed by atoms with Crippen LogP contribution in [0, 0.1) is 0 Å². The van der Waals surface area contributed by atoms with Crippen LogP contribution in [0.1, 0.15) is 27.7 Å². The van der Waals surface area contributed by atoms with Gasteiger partial charge in [0.2, 0.25) is 15.9 Å².